The van der Waals surface area contributed by atoms with E-state index in [0.29, 0.717) is 28.4 Å². The van der Waals surface area contributed by atoms with Crippen LogP contribution in [-0.4, -0.2) is 4.57 Å². The van der Waals surface area contributed by atoms with E-state index in [1.54, 1.807) is 40.2 Å². The second kappa shape index (κ2) is 7.60. The first-order valence-electron chi connectivity index (χ1n) is 8.70. The second-order valence-corrected chi connectivity index (χ2v) is 8.42. The molecule has 0 saturated carbocycles. The molecule has 3 heterocycles. The largest absolute Gasteiger partial charge is 0.440 e. The van der Waals surface area contributed by atoms with Gasteiger partial charge in [-0.15, -0.1) is 11.3 Å². The average molecular weight is 444 g/mol. The van der Waals surface area contributed by atoms with Crippen molar-refractivity contribution in [3.05, 3.63) is 95.3 Å². The summed E-state index contributed by atoms with van der Waals surface area (Å²) < 4.78 is 7.32. The number of fused-ring (bicyclic) bond motifs is 1. The lowest BCUT2D eigenvalue weighted by molar-refractivity contribution is 0.389. The molecule has 0 radical (unpaired) electrons. The number of hydrogen-bond donors (Lipinski definition) is 1. The van der Waals surface area contributed by atoms with E-state index in [-0.39, 0.29) is 22.0 Å². The Morgan fingerprint density at radius 2 is 2.10 bits per heavy atom. The van der Waals surface area contributed by atoms with Crippen LogP contribution in [0.25, 0.3) is 0 Å². The van der Waals surface area contributed by atoms with Gasteiger partial charge in [0.05, 0.1) is 28.1 Å². The number of hydrogen-bond acceptors (Lipinski definition) is 5. The molecule has 29 heavy (non-hydrogen) atoms. The normalized spacial score (nSPS) is 15.6. The fourth-order valence-corrected chi connectivity index (χ4v) is 4.61. The Kier molecular flexibility index (Phi) is 5.13. The zero-order valence-corrected chi connectivity index (χ0v) is 17.6. The Hall–Kier alpha value is -2.72. The number of aryl methyl sites for hydroxylation is 1. The van der Waals surface area contributed by atoms with Gasteiger partial charge in [-0.05, 0) is 30.0 Å². The maximum absolute atomic E-state index is 13.5. The third kappa shape index (κ3) is 3.32. The lowest BCUT2D eigenvalue weighted by Crippen LogP contribution is -2.33. The van der Waals surface area contributed by atoms with Gasteiger partial charge in [0, 0.05) is 16.6 Å². The Labute approximate surface area is 181 Å². The highest BCUT2D eigenvalue weighted by Gasteiger charge is 2.35. The van der Waals surface area contributed by atoms with Crippen molar-refractivity contribution >= 4 is 34.5 Å². The SMILES string of the molecule is Cc1cc2c(c(=O)n1Cc1cccs1)[C@@H](c1cccc(Cl)c1Cl)C(C#N)=C(N)O2. The van der Waals surface area contributed by atoms with E-state index in [1.165, 1.54) is 0 Å². The van der Waals surface area contributed by atoms with E-state index in [0.717, 1.165) is 10.6 Å². The highest BCUT2D eigenvalue weighted by atomic mass is 35.5. The van der Waals surface area contributed by atoms with Crippen molar-refractivity contribution < 1.29 is 4.74 Å². The minimum Gasteiger partial charge on any atom is -0.440 e. The number of halogens is 2. The Bertz CT molecular complexity index is 1240. The maximum atomic E-state index is 13.5. The second-order valence-electron chi connectivity index (χ2n) is 6.60. The molecule has 146 valence electrons. The van der Waals surface area contributed by atoms with Crippen LogP contribution in [-0.2, 0) is 6.54 Å². The van der Waals surface area contributed by atoms with E-state index in [9.17, 15) is 10.1 Å². The summed E-state index contributed by atoms with van der Waals surface area (Å²) in [5.41, 5.74) is 7.48. The zero-order chi connectivity index (χ0) is 20.7. The van der Waals surface area contributed by atoms with Crippen LogP contribution < -0.4 is 16.0 Å². The van der Waals surface area contributed by atoms with Gasteiger partial charge in [0.2, 0.25) is 5.88 Å². The highest BCUT2D eigenvalue weighted by Crippen LogP contribution is 2.44. The van der Waals surface area contributed by atoms with Gasteiger partial charge in [0.25, 0.3) is 5.56 Å². The van der Waals surface area contributed by atoms with Gasteiger partial charge < -0.3 is 15.0 Å². The van der Waals surface area contributed by atoms with Crippen LogP contribution in [0.2, 0.25) is 10.0 Å². The summed E-state index contributed by atoms with van der Waals surface area (Å²) in [7, 11) is 0. The molecule has 0 aliphatic carbocycles. The fourth-order valence-electron chi connectivity index (χ4n) is 3.50. The van der Waals surface area contributed by atoms with Crippen molar-refractivity contribution in [3.8, 4) is 11.8 Å². The molecule has 8 heteroatoms. The van der Waals surface area contributed by atoms with E-state index >= 15 is 0 Å². The number of ether oxygens (including phenoxy) is 1. The topological polar surface area (TPSA) is 81.0 Å². The van der Waals surface area contributed by atoms with E-state index < -0.39 is 5.92 Å². The molecule has 0 spiro atoms. The number of allylic oxidation sites excluding steroid dienone is 1. The van der Waals surface area contributed by atoms with Crippen LogP contribution in [0.3, 0.4) is 0 Å². The summed E-state index contributed by atoms with van der Waals surface area (Å²) in [6.07, 6.45) is 0. The number of pyridine rings is 1. The molecule has 4 rings (SSSR count). The van der Waals surface area contributed by atoms with Gasteiger partial charge in [0.15, 0.2) is 0 Å². The van der Waals surface area contributed by atoms with Gasteiger partial charge in [-0.2, -0.15) is 5.26 Å². The molecule has 2 aromatic heterocycles. The number of nitrogens with two attached hydrogens (primary N) is 1. The molecule has 5 nitrogen and oxygen atoms in total. The average Bonchev–Trinajstić information content (AvgIpc) is 3.20. The van der Waals surface area contributed by atoms with Gasteiger partial charge in [0.1, 0.15) is 17.4 Å². The Balaban J connectivity index is 1.99. The van der Waals surface area contributed by atoms with Crippen molar-refractivity contribution in [3.63, 3.8) is 0 Å². The predicted molar refractivity (Wildman–Crippen MR) is 115 cm³/mol. The van der Waals surface area contributed by atoms with Crippen molar-refractivity contribution in [2.24, 2.45) is 5.73 Å². The van der Waals surface area contributed by atoms with Gasteiger partial charge in [-0.25, -0.2) is 0 Å². The molecular weight excluding hydrogens is 429 g/mol. The van der Waals surface area contributed by atoms with Gasteiger partial charge in [-0.1, -0.05) is 41.4 Å². The molecule has 0 bridgehead atoms. The highest BCUT2D eigenvalue weighted by molar-refractivity contribution is 7.09. The lowest BCUT2D eigenvalue weighted by Gasteiger charge is -2.28. The first-order chi connectivity index (χ1) is 13.9. The Morgan fingerprint density at radius 3 is 2.79 bits per heavy atom. The zero-order valence-electron chi connectivity index (χ0n) is 15.3. The van der Waals surface area contributed by atoms with Crippen molar-refractivity contribution in [1.82, 2.24) is 4.57 Å². The summed E-state index contributed by atoms with van der Waals surface area (Å²) in [4.78, 5) is 14.6. The first-order valence-corrected chi connectivity index (χ1v) is 10.3. The predicted octanol–water partition coefficient (Wildman–Crippen LogP) is 4.79. The van der Waals surface area contributed by atoms with E-state index in [2.05, 4.69) is 6.07 Å². The summed E-state index contributed by atoms with van der Waals surface area (Å²) in [5.74, 6) is -0.485. The van der Waals surface area contributed by atoms with Crippen LogP contribution in [0.1, 0.15) is 27.6 Å². The minimum absolute atomic E-state index is 0.0455. The van der Waals surface area contributed by atoms with Gasteiger partial charge in [-0.3, -0.25) is 4.79 Å². The number of benzene rings is 1. The molecule has 1 atom stereocenters. The summed E-state index contributed by atoms with van der Waals surface area (Å²) >= 11 is 14.2. The fraction of sp³-hybridized carbons (Fsp3) is 0.143. The van der Waals surface area contributed by atoms with Crippen LogP contribution >= 0.6 is 34.5 Å². The first kappa shape index (κ1) is 19.6. The quantitative estimate of drug-likeness (QED) is 0.630. The third-order valence-corrected chi connectivity index (χ3v) is 6.57. The van der Waals surface area contributed by atoms with Crippen LogP contribution in [0.5, 0.6) is 5.75 Å². The van der Waals surface area contributed by atoms with E-state index in [4.69, 9.17) is 33.7 Å². The molecule has 0 amide bonds. The number of thiophene rings is 1. The molecule has 1 aliphatic rings. The molecule has 3 aromatic rings. The summed E-state index contributed by atoms with van der Waals surface area (Å²) in [6, 6.07) is 12.9. The lowest BCUT2D eigenvalue weighted by atomic mass is 9.84. The third-order valence-electron chi connectivity index (χ3n) is 4.88. The molecular formula is C21H15Cl2N3O2S. The number of aromatic nitrogens is 1. The number of rotatable bonds is 3. The molecule has 1 aromatic carbocycles. The molecule has 0 fully saturated rings. The number of nitrogens with zero attached hydrogens (tertiary/aromatic N) is 2. The van der Waals surface area contributed by atoms with Gasteiger partial charge >= 0.3 is 0 Å². The molecule has 0 saturated heterocycles. The standard InChI is InChI=1S/C21H15Cl2N3O2S/c1-11-8-16-18(21(27)26(11)10-12-4-3-7-29-12)17(14(9-24)20(25)28-16)13-5-2-6-15(22)19(13)23/h2-8,17H,10,25H2,1H3/t17-/m0/s1. The maximum Gasteiger partial charge on any atom is 0.259 e. The van der Waals surface area contributed by atoms with Crippen LogP contribution in [0.15, 0.2) is 58.0 Å². The number of nitriles is 1. The summed E-state index contributed by atoms with van der Waals surface area (Å²) in [6.45, 7) is 2.26. The molecule has 1 aliphatic heterocycles. The molecule has 2 N–H and O–H groups in total. The smallest absolute Gasteiger partial charge is 0.259 e. The van der Waals surface area contributed by atoms with Crippen molar-refractivity contribution in [2.75, 3.05) is 0 Å². The van der Waals surface area contributed by atoms with Crippen LogP contribution in [0.4, 0.5) is 0 Å². The van der Waals surface area contributed by atoms with Crippen LogP contribution in [0, 0.1) is 18.3 Å². The van der Waals surface area contributed by atoms with Crippen molar-refractivity contribution in [1.29, 1.82) is 5.26 Å². The Morgan fingerprint density at radius 1 is 1.31 bits per heavy atom. The van der Waals surface area contributed by atoms with E-state index in [1.807, 2.05) is 24.4 Å². The minimum atomic E-state index is -0.766. The monoisotopic (exact) mass is 443 g/mol. The summed E-state index contributed by atoms with van der Waals surface area (Å²) in [5, 5.41) is 12.3. The van der Waals surface area contributed by atoms with Crippen molar-refractivity contribution in [2.45, 2.75) is 19.4 Å². The molecule has 0 unspecified atom stereocenters.